The van der Waals surface area contributed by atoms with E-state index in [-0.39, 0.29) is 0 Å². The van der Waals surface area contributed by atoms with Crippen LogP contribution in [-0.2, 0) is 9.05 Å². The first-order valence-electron chi connectivity index (χ1n) is 2.67. The van der Waals surface area contributed by atoms with E-state index in [2.05, 4.69) is 4.98 Å². The van der Waals surface area contributed by atoms with Crippen LogP contribution in [0.25, 0.3) is 0 Å². The Kier molecular flexibility index (Phi) is 2.29. The maximum absolute atomic E-state index is 12.4. The Bertz CT molecular complexity index is 386. The molecule has 0 saturated carbocycles. The summed E-state index contributed by atoms with van der Waals surface area (Å²) in [4.78, 5) is 2.88. The van der Waals surface area contributed by atoms with E-state index in [9.17, 15) is 17.2 Å². The molecule has 0 fully saturated rings. The van der Waals surface area contributed by atoms with Gasteiger partial charge in [-0.2, -0.15) is 4.39 Å². The van der Waals surface area contributed by atoms with E-state index in [1.807, 2.05) is 0 Å². The van der Waals surface area contributed by atoms with Crippen LogP contribution >= 0.6 is 10.7 Å². The predicted octanol–water partition coefficient (Wildman–Crippen LogP) is 1.29. The number of aromatic nitrogens is 1. The molecular weight excluding hydrogens is 212 g/mol. The number of halogens is 3. The summed E-state index contributed by atoms with van der Waals surface area (Å²) in [5.41, 5.74) is 0. The first-order chi connectivity index (χ1) is 5.39. The molecule has 0 radical (unpaired) electrons. The molecule has 0 aliphatic carbocycles. The molecule has 0 amide bonds. The van der Waals surface area contributed by atoms with Gasteiger partial charge in [0.15, 0.2) is 5.03 Å². The highest BCUT2D eigenvalue weighted by Gasteiger charge is 2.14. The number of rotatable bonds is 1. The standard InChI is InChI=1S/C5H2ClF2NO2S/c6-12(10,11)5-2-3(7)1-4(8)9-5/h1-2H. The van der Waals surface area contributed by atoms with Crippen molar-refractivity contribution in [2.45, 2.75) is 5.03 Å². The molecule has 1 rings (SSSR count). The van der Waals surface area contributed by atoms with Crippen molar-refractivity contribution >= 4 is 19.7 Å². The third-order valence-electron chi connectivity index (χ3n) is 0.985. The molecule has 0 atom stereocenters. The fraction of sp³-hybridized carbons (Fsp3) is 0. The van der Waals surface area contributed by atoms with Crippen molar-refractivity contribution < 1.29 is 17.2 Å². The van der Waals surface area contributed by atoms with Crippen LogP contribution in [-0.4, -0.2) is 13.4 Å². The minimum Gasteiger partial charge on any atom is -0.207 e. The van der Waals surface area contributed by atoms with Gasteiger partial charge in [-0.15, -0.1) is 0 Å². The van der Waals surface area contributed by atoms with Gasteiger partial charge < -0.3 is 0 Å². The van der Waals surface area contributed by atoms with Crippen molar-refractivity contribution in [2.24, 2.45) is 0 Å². The molecule has 66 valence electrons. The number of hydrogen-bond acceptors (Lipinski definition) is 3. The predicted molar refractivity (Wildman–Crippen MR) is 37.2 cm³/mol. The van der Waals surface area contributed by atoms with Crippen molar-refractivity contribution in [2.75, 3.05) is 0 Å². The van der Waals surface area contributed by atoms with E-state index in [0.29, 0.717) is 12.1 Å². The van der Waals surface area contributed by atoms with Gasteiger partial charge in [-0.05, 0) is 0 Å². The molecule has 0 unspecified atom stereocenters. The second-order valence-electron chi connectivity index (χ2n) is 1.88. The third-order valence-corrected chi connectivity index (χ3v) is 2.17. The molecule has 0 bridgehead atoms. The summed E-state index contributed by atoms with van der Waals surface area (Å²) in [6, 6.07) is 0.983. The molecule has 0 saturated heterocycles. The van der Waals surface area contributed by atoms with Crippen molar-refractivity contribution in [1.82, 2.24) is 4.98 Å². The molecule has 0 aliphatic heterocycles. The molecule has 12 heavy (non-hydrogen) atoms. The molecule has 1 heterocycles. The SMILES string of the molecule is O=S(=O)(Cl)c1cc(F)cc(F)n1. The monoisotopic (exact) mass is 213 g/mol. The molecule has 7 heteroatoms. The zero-order chi connectivity index (χ0) is 9.35. The molecule has 1 aromatic heterocycles. The third kappa shape index (κ3) is 2.12. The lowest BCUT2D eigenvalue weighted by Gasteiger charge is -1.94. The minimum absolute atomic E-state index is 0.450. The van der Waals surface area contributed by atoms with Crippen molar-refractivity contribution in [3.8, 4) is 0 Å². The Morgan fingerprint density at radius 1 is 1.33 bits per heavy atom. The van der Waals surface area contributed by atoms with Crippen molar-refractivity contribution in [3.05, 3.63) is 23.9 Å². The Labute approximate surface area is 71.4 Å². The summed E-state index contributed by atoms with van der Waals surface area (Å²) in [5.74, 6) is -2.27. The quantitative estimate of drug-likeness (QED) is 0.522. The van der Waals surface area contributed by atoms with E-state index in [4.69, 9.17) is 10.7 Å². The van der Waals surface area contributed by atoms with E-state index in [1.54, 1.807) is 0 Å². The van der Waals surface area contributed by atoms with Crippen LogP contribution in [0.4, 0.5) is 8.78 Å². The van der Waals surface area contributed by atoms with Crippen molar-refractivity contribution in [1.29, 1.82) is 0 Å². The molecule has 0 spiro atoms. The smallest absolute Gasteiger partial charge is 0.207 e. The summed E-state index contributed by atoms with van der Waals surface area (Å²) < 4.78 is 45.7. The lowest BCUT2D eigenvalue weighted by molar-refractivity contribution is 0.531. The highest BCUT2D eigenvalue weighted by atomic mass is 35.7. The summed E-state index contributed by atoms with van der Waals surface area (Å²) in [7, 11) is 0.612. The Morgan fingerprint density at radius 3 is 2.33 bits per heavy atom. The van der Waals surface area contributed by atoms with E-state index in [0.717, 1.165) is 0 Å². The van der Waals surface area contributed by atoms with Gasteiger partial charge >= 0.3 is 0 Å². The zero-order valence-corrected chi connectivity index (χ0v) is 7.03. The molecule has 3 nitrogen and oxygen atoms in total. The van der Waals surface area contributed by atoms with Gasteiger partial charge in [0.1, 0.15) is 5.82 Å². The summed E-state index contributed by atoms with van der Waals surface area (Å²) >= 11 is 0. The molecule has 0 aromatic carbocycles. The fourth-order valence-corrected chi connectivity index (χ4v) is 1.25. The maximum atomic E-state index is 12.4. The lowest BCUT2D eigenvalue weighted by atomic mass is 10.5. The molecule has 0 aliphatic rings. The van der Waals surface area contributed by atoms with Crippen LogP contribution in [0, 0.1) is 11.8 Å². The largest absolute Gasteiger partial charge is 0.278 e. The Morgan fingerprint density at radius 2 is 1.92 bits per heavy atom. The number of pyridine rings is 1. The highest BCUT2D eigenvalue weighted by Crippen LogP contribution is 2.13. The first kappa shape index (κ1) is 9.34. The van der Waals surface area contributed by atoms with E-state index in [1.165, 1.54) is 0 Å². The van der Waals surface area contributed by atoms with E-state index >= 15 is 0 Å². The summed E-state index contributed by atoms with van der Waals surface area (Å²) in [6.07, 6.45) is 0. The van der Waals surface area contributed by atoms with Gasteiger partial charge in [0.25, 0.3) is 9.05 Å². The maximum Gasteiger partial charge on any atom is 0.278 e. The van der Waals surface area contributed by atoms with Gasteiger partial charge in [-0.3, -0.25) is 0 Å². The van der Waals surface area contributed by atoms with Crippen LogP contribution in [0.3, 0.4) is 0 Å². The van der Waals surface area contributed by atoms with Crippen LogP contribution in [0.2, 0.25) is 0 Å². The second kappa shape index (κ2) is 2.95. The van der Waals surface area contributed by atoms with Gasteiger partial charge in [0, 0.05) is 22.8 Å². The Balaban J connectivity index is 3.37. The lowest BCUT2D eigenvalue weighted by Crippen LogP contribution is -1.98. The van der Waals surface area contributed by atoms with Crippen LogP contribution in [0.5, 0.6) is 0 Å². The molecule has 1 aromatic rings. The van der Waals surface area contributed by atoms with Crippen LogP contribution in [0.15, 0.2) is 17.2 Å². The average Bonchev–Trinajstić information content (AvgIpc) is 1.82. The minimum atomic E-state index is -4.17. The van der Waals surface area contributed by atoms with E-state index < -0.39 is 25.8 Å². The van der Waals surface area contributed by atoms with Crippen LogP contribution in [0.1, 0.15) is 0 Å². The molecule has 0 N–H and O–H groups in total. The fourth-order valence-electron chi connectivity index (χ4n) is 0.568. The van der Waals surface area contributed by atoms with Crippen LogP contribution < -0.4 is 0 Å². The van der Waals surface area contributed by atoms with Crippen molar-refractivity contribution in [3.63, 3.8) is 0 Å². The highest BCUT2D eigenvalue weighted by molar-refractivity contribution is 8.13. The second-order valence-corrected chi connectivity index (χ2v) is 4.40. The topological polar surface area (TPSA) is 47.0 Å². The molecular formula is C5H2ClF2NO2S. The van der Waals surface area contributed by atoms with Gasteiger partial charge in [-0.25, -0.2) is 17.8 Å². The Hall–Kier alpha value is -0.750. The van der Waals surface area contributed by atoms with Gasteiger partial charge in [0.2, 0.25) is 5.95 Å². The number of nitrogens with zero attached hydrogens (tertiary/aromatic N) is 1. The van der Waals surface area contributed by atoms with Gasteiger partial charge in [-0.1, -0.05) is 0 Å². The summed E-state index contributed by atoms with van der Waals surface area (Å²) in [6.45, 7) is 0. The zero-order valence-electron chi connectivity index (χ0n) is 5.46. The van der Waals surface area contributed by atoms with Gasteiger partial charge in [0.05, 0.1) is 0 Å². The number of hydrogen-bond donors (Lipinski definition) is 0. The summed E-state index contributed by atoms with van der Waals surface area (Å²) in [5, 5.41) is -0.832. The normalized spacial score (nSPS) is 11.6. The first-order valence-corrected chi connectivity index (χ1v) is 4.98. The average molecular weight is 214 g/mol.